The van der Waals surface area contributed by atoms with E-state index < -0.39 is 0 Å². The van der Waals surface area contributed by atoms with Gasteiger partial charge < -0.3 is 0 Å². The third-order valence-corrected chi connectivity index (χ3v) is 3.12. The van der Waals surface area contributed by atoms with Gasteiger partial charge >= 0.3 is 0 Å². The molecule has 68 valence electrons. The molecule has 0 aromatic heterocycles. The van der Waals surface area contributed by atoms with Crippen LogP contribution in [0.3, 0.4) is 0 Å². The fraction of sp³-hybridized carbons (Fsp3) is 0.286. The summed E-state index contributed by atoms with van der Waals surface area (Å²) in [6, 6.07) is 0. The predicted octanol–water partition coefficient (Wildman–Crippen LogP) is 3.31. The van der Waals surface area contributed by atoms with Gasteiger partial charge in [0.05, 0.1) is 0 Å². The lowest BCUT2D eigenvalue weighted by molar-refractivity contribution is 0.738. The molecule has 1 atom stereocenters. The van der Waals surface area contributed by atoms with Gasteiger partial charge in [-0.1, -0.05) is 30.4 Å². The molecule has 0 aliphatic heterocycles. The monoisotopic (exact) mass is 180 g/mol. The summed E-state index contributed by atoms with van der Waals surface area (Å²) in [5.41, 5.74) is 4.45. The van der Waals surface area contributed by atoms with Crippen LogP contribution in [0.2, 0.25) is 0 Å². The average molecular weight is 180 g/mol. The Hall–Kier alpha value is -1.30. The topological polar surface area (TPSA) is 0 Å². The minimum atomic E-state index is 0.588. The zero-order valence-corrected chi connectivity index (χ0v) is 8.09. The summed E-state index contributed by atoms with van der Waals surface area (Å²) < 4.78 is 0. The van der Waals surface area contributed by atoms with E-state index in [0.717, 1.165) is 19.3 Å². The van der Waals surface area contributed by atoms with Crippen LogP contribution >= 0.6 is 0 Å². The van der Waals surface area contributed by atoms with Crippen LogP contribution in [0.15, 0.2) is 47.1 Å². The lowest BCUT2D eigenvalue weighted by Gasteiger charge is -2.27. The molecule has 0 aromatic carbocycles. The van der Waals surface area contributed by atoms with Crippen molar-refractivity contribution in [2.45, 2.75) is 19.3 Å². The number of rotatable bonds is 0. The summed E-state index contributed by atoms with van der Waals surface area (Å²) in [6.07, 6.45) is 20.8. The Bertz CT molecular complexity index is 400. The number of fused-ring (bicyclic) bond motifs is 2. The third kappa shape index (κ3) is 1.14. The van der Waals surface area contributed by atoms with E-state index in [0.29, 0.717) is 5.92 Å². The van der Waals surface area contributed by atoms with Crippen LogP contribution in [-0.2, 0) is 0 Å². The number of hydrogen-bond acceptors (Lipinski definition) is 0. The van der Waals surface area contributed by atoms with Crippen molar-refractivity contribution in [3.63, 3.8) is 0 Å². The van der Waals surface area contributed by atoms with E-state index in [1.54, 1.807) is 0 Å². The molecule has 3 aliphatic carbocycles. The van der Waals surface area contributed by atoms with Gasteiger partial charge in [-0.15, -0.1) is 0 Å². The second kappa shape index (κ2) is 3.13. The number of hydrogen-bond donors (Lipinski definition) is 0. The highest BCUT2D eigenvalue weighted by molar-refractivity contribution is 5.52. The predicted molar refractivity (Wildman–Crippen MR) is 57.2 cm³/mol. The molecule has 0 N–H and O–H groups in total. The molecule has 0 bridgehead atoms. The molecule has 0 saturated carbocycles. The van der Waals surface area contributed by atoms with E-state index in [-0.39, 0.29) is 0 Å². The molecule has 0 amide bonds. The van der Waals surface area contributed by atoms with Crippen molar-refractivity contribution >= 4 is 0 Å². The zero-order valence-electron chi connectivity index (χ0n) is 8.09. The summed E-state index contributed by atoms with van der Waals surface area (Å²) in [4.78, 5) is 0. The van der Waals surface area contributed by atoms with Gasteiger partial charge in [-0.2, -0.15) is 0 Å². The first-order valence-corrected chi connectivity index (χ1v) is 5.21. The molecule has 0 aromatic rings. The van der Waals surface area contributed by atoms with Crippen LogP contribution in [0, 0.1) is 18.1 Å². The van der Waals surface area contributed by atoms with Crippen molar-refractivity contribution in [1.82, 2.24) is 0 Å². The van der Waals surface area contributed by atoms with Gasteiger partial charge in [-0.3, -0.25) is 0 Å². The quantitative estimate of drug-likeness (QED) is 0.536. The maximum atomic E-state index is 3.30. The largest absolute Gasteiger partial charge is 0.0760 e. The minimum absolute atomic E-state index is 0.588. The van der Waals surface area contributed by atoms with Crippen LogP contribution in [0.4, 0.5) is 0 Å². The van der Waals surface area contributed by atoms with Gasteiger partial charge in [0, 0.05) is 5.92 Å². The molecule has 0 fully saturated rings. The Morgan fingerprint density at radius 3 is 3.36 bits per heavy atom. The summed E-state index contributed by atoms with van der Waals surface area (Å²) in [5, 5.41) is 0. The van der Waals surface area contributed by atoms with E-state index in [2.05, 4.69) is 36.5 Å². The average Bonchev–Trinajstić information content (AvgIpc) is 2.29. The van der Waals surface area contributed by atoms with Gasteiger partial charge in [0.2, 0.25) is 0 Å². The fourth-order valence-electron chi connectivity index (χ4n) is 2.40. The first kappa shape index (κ1) is 8.05. The van der Waals surface area contributed by atoms with Crippen molar-refractivity contribution in [3.8, 4) is 0 Å². The van der Waals surface area contributed by atoms with E-state index in [1.807, 2.05) is 6.08 Å². The van der Waals surface area contributed by atoms with Crippen LogP contribution < -0.4 is 0 Å². The molecule has 1 unspecified atom stereocenters. The highest BCUT2D eigenvalue weighted by Gasteiger charge is 2.22. The Kier molecular flexibility index (Phi) is 1.80. The van der Waals surface area contributed by atoms with Gasteiger partial charge in [-0.25, -0.2) is 0 Å². The SMILES string of the molecule is [C]1=CC2=CCC3C=[C]C=CC3=C2CC1. The van der Waals surface area contributed by atoms with Crippen molar-refractivity contribution in [2.75, 3.05) is 0 Å². The molecule has 14 heavy (non-hydrogen) atoms. The standard InChI is InChI=1S/C14H12/c1-3-7-13-11(5-1)9-10-12-6-2-4-8-14(12)13/h3,5-7,10-11H,4,8-9H2. The normalized spacial score (nSPS) is 28.6. The summed E-state index contributed by atoms with van der Waals surface area (Å²) in [6.45, 7) is 0. The van der Waals surface area contributed by atoms with E-state index >= 15 is 0 Å². The Labute approximate surface area is 85.0 Å². The lowest BCUT2D eigenvalue weighted by Crippen LogP contribution is -2.11. The molecule has 2 radical (unpaired) electrons. The van der Waals surface area contributed by atoms with E-state index in [9.17, 15) is 0 Å². The Morgan fingerprint density at radius 1 is 1.36 bits per heavy atom. The van der Waals surface area contributed by atoms with Crippen molar-refractivity contribution < 1.29 is 0 Å². The molecular formula is C14H12. The first-order valence-electron chi connectivity index (χ1n) is 5.21. The maximum absolute atomic E-state index is 3.30. The van der Waals surface area contributed by atoms with Crippen LogP contribution in [0.25, 0.3) is 0 Å². The zero-order chi connectivity index (χ0) is 9.38. The second-order valence-corrected chi connectivity index (χ2v) is 3.95. The van der Waals surface area contributed by atoms with Crippen molar-refractivity contribution in [2.24, 2.45) is 5.92 Å². The third-order valence-electron chi connectivity index (χ3n) is 3.12. The summed E-state index contributed by atoms with van der Waals surface area (Å²) in [5.74, 6) is 0.588. The molecular weight excluding hydrogens is 168 g/mol. The van der Waals surface area contributed by atoms with Crippen LogP contribution in [-0.4, -0.2) is 0 Å². The van der Waals surface area contributed by atoms with Crippen LogP contribution in [0.1, 0.15) is 19.3 Å². The van der Waals surface area contributed by atoms with Gasteiger partial charge in [0.1, 0.15) is 0 Å². The van der Waals surface area contributed by atoms with Crippen LogP contribution in [0.5, 0.6) is 0 Å². The molecule has 0 nitrogen and oxygen atoms in total. The summed E-state index contributed by atoms with van der Waals surface area (Å²) >= 11 is 0. The fourth-order valence-corrected chi connectivity index (χ4v) is 2.40. The second-order valence-electron chi connectivity index (χ2n) is 3.95. The lowest BCUT2D eigenvalue weighted by atomic mass is 9.77. The smallest absolute Gasteiger partial charge is 0.00649 e. The molecule has 3 aliphatic rings. The Balaban J connectivity index is 2.11. The molecule has 0 spiro atoms. The molecule has 3 rings (SSSR count). The highest BCUT2D eigenvalue weighted by atomic mass is 14.3. The maximum Gasteiger partial charge on any atom is 0.00649 e. The summed E-state index contributed by atoms with van der Waals surface area (Å²) in [7, 11) is 0. The minimum Gasteiger partial charge on any atom is -0.0760 e. The van der Waals surface area contributed by atoms with Gasteiger partial charge in [0.25, 0.3) is 0 Å². The van der Waals surface area contributed by atoms with Crippen molar-refractivity contribution in [3.05, 3.63) is 59.3 Å². The first-order chi connectivity index (χ1) is 6.95. The molecule has 0 heteroatoms. The molecule has 0 saturated heterocycles. The molecule has 0 heterocycles. The van der Waals surface area contributed by atoms with Crippen molar-refractivity contribution in [1.29, 1.82) is 0 Å². The van der Waals surface area contributed by atoms with E-state index in [1.165, 1.54) is 16.7 Å². The highest BCUT2D eigenvalue weighted by Crippen LogP contribution is 2.37. The van der Waals surface area contributed by atoms with E-state index in [4.69, 9.17) is 0 Å². The number of allylic oxidation sites excluding steroid dienone is 10. The van der Waals surface area contributed by atoms with Gasteiger partial charge in [0.15, 0.2) is 0 Å². The Morgan fingerprint density at radius 2 is 2.36 bits per heavy atom. The van der Waals surface area contributed by atoms with Gasteiger partial charge in [-0.05, 0) is 48.1 Å².